The smallest absolute Gasteiger partial charge is 0.337 e. The van der Waals surface area contributed by atoms with Crippen molar-refractivity contribution in [2.45, 2.75) is 38.6 Å². The average molecular weight is 335 g/mol. The zero-order valence-electron chi connectivity index (χ0n) is 14.5. The van der Waals surface area contributed by atoms with Crippen LogP contribution in [-0.2, 0) is 9.53 Å². The lowest BCUT2D eigenvalue weighted by Crippen LogP contribution is -2.17. The standard InChI is InChI=1S/C21H21NO3/c1-13-4-3-5-18-20(13)17-11-6-14(21(24)25-2)12-19(17)22(18)15-7-9-16(23)10-8-15/h3-6,11-12,15H,7-10H2,1-2H3. The number of methoxy groups -OCH3 is 1. The van der Waals surface area contributed by atoms with E-state index in [2.05, 4.69) is 29.7 Å². The Bertz CT molecular complexity index is 989. The third-order valence-electron chi connectivity index (χ3n) is 5.34. The minimum Gasteiger partial charge on any atom is -0.465 e. The Labute approximate surface area is 146 Å². The highest BCUT2D eigenvalue weighted by Gasteiger charge is 2.24. The third kappa shape index (κ3) is 2.53. The van der Waals surface area contributed by atoms with E-state index in [0.29, 0.717) is 24.2 Å². The van der Waals surface area contributed by atoms with Crippen molar-refractivity contribution >= 4 is 33.6 Å². The molecule has 3 aromatic rings. The van der Waals surface area contributed by atoms with Gasteiger partial charge < -0.3 is 9.30 Å². The van der Waals surface area contributed by atoms with Crippen LogP contribution in [0.1, 0.15) is 47.6 Å². The van der Waals surface area contributed by atoms with Gasteiger partial charge in [0.2, 0.25) is 0 Å². The second-order valence-corrected chi connectivity index (χ2v) is 6.83. The van der Waals surface area contributed by atoms with Crippen LogP contribution < -0.4 is 0 Å². The molecule has 1 saturated carbocycles. The van der Waals surface area contributed by atoms with E-state index in [0.717, 1.165) is 23.7 Å². The molecule has 0 aliphatic heterocycles. The number of fused-ring (bicyclic) bond motifs is 3. The summed E-state index contributed by atoms with van der Waals surface area (Å²) < 4.78 is 7.22. The summed E-state index contributed by atoms with van der Waals surface area (Å²) in [5, 5.41) is 2.38. The first kappa shape index (κ1) is 15.9. The number of rotatable bonds is 2. The largest absolute Gasteiger partial charge is 0.465 e. The molecule has 0 bridgehead atoms. The van der Waals surface area contributed by atoms with Crippen LogP contribution >= 0.6 is 0 Å². The maximum Gasteiger partial charge on any atom is 0.337 e. The van der Waals surface area contributed by atoms with E-state index >= 15 is 0 Å². The molecule has 0 spiro atoms. The van der Waals surface area contributed by atoms with Gasteiger partial charge in [-0.15, -0.1) is 0 Å². The number of aromatic nitrogens is 1. The first-order valence-electron chi connectivity index (χ1n) is 8.73. The van der Waals surface area contributed by atoms with Crippen LogP contribution in [0.2, 0.25) is 0 Å². The van der Waals surface area contributed by atoms with E-state index in [1.54, 1.807) is 0 Å². The topological polar surface area (TPSA) is 48.3 Å². The normalized spacial score (nSPS) is 15.8. The number of ketones is 1. The molecule has 1 aliphatic carbocycles. The number of carbonyl (C=O) groups is 2. The number of ether oxygens (including phenoxy) is 1. The van der Waals surface area contributed by atoms with Crippen LogP contribution in [0.3, 0.4) is 0 Å². The van der Waals surface area contributed by atoms with E-state index in [-0.39, 0.29) is 12.0 Å². The highest BCUT2D eigenvalue weighted by molar-refractivity contribution is 6.11. The number of carbonyl (C=O) groups excluding carboxylic acids is 2. The van der Waals surface area contributed by atoms with E-state index in [1.165, 1.54) is 23.6 Å². The van der Waals surface area contributed by atoms with Crippen LogP contribution in [0, 0.1) is 6.92 Å². The molecule has 0 atom stereocenters. The molecule has 2 aromatic carbocycles. The van der Waals surface area contributed by atoms with Gasteiger partial charge >= 0.3 is 5.97 Å². The lowest BCUT2D eigenvalue weighted by molar-refractivity contribution is -0.120. The summed E-state index contributed by atoms with van der Waals surface area (Å²) in [6.07, 6.45) is 2.98. The molecule has 4 rings (SSSR count). The van der Waals surface area contributed by atoms with Crippen LogP contribution in [-0.4, -0.2) is 23.4 Å². The van der Waals surface area contributed by atoms with Gasteiger partial charge in [-0.3, -0.25) is 4.79 Å². The van der Waals surface area contributed by atoms with Crippen LogP contribution in [0.25, 0.3) is 21.8 Å². The Morgan fingerprint density at radius 1 is 1.12 bits per heavy atom. The van der Waals surface area contributed by atoms with Crippen molar-refractivity contribution in [3.8, 4) is 0 Å². The fourth-order valence-corrected chi connectivity index (χ4v) is 4.10. The van der Waals surface area contributed by atoms with Gasteiger partial charge in [0.15, 0.2) is 0 Å². The predicted octanol–water partition coefficient (Wildman–Crippen LogP) is 4.57. The van der Waals surface area contributed by atoms with Crippen molar-refractivity contribution in [1.82, 2.24) is 4.57 Å². The molecule has 0 N–H and O–H groups in total. The summed E-state index contributed by atoms with van der Waals surface area (Å²) >= 11 is 0. The molecule has 1 heterocycles. The lowest BCUT2D eigenvalue weighted by Gasteiger charge is -2.24. The molecule has 0 amide bonds. The van der Waals surface area contributed by atoms with E-state index in [4.69, 9.17) is 4.74 Å². The van der Waals surface area contributed by atoms with E-state index in [1.807, 2.05) is 18.2 Å². The summed E-state index contributed by atoms with van der Waals surface area (Å²) in [6, 6.07) is 12.4. The molecule has 1 aliphatic rings. The number of aryl methyl sites for hydroxylation is 1. The van der Waals surface area contributed by atoms with Crippen molar-refractivity contribution in [1.29, 1.82) is 0 Å². The van der Waals surface area contributed by atoms with Gasteiger partial charge in [-0.2, -0.15) is 0 Å². The number of hydrogen-bond donors (Lipinski definition) is 0. The summed E-state index contributed by atoms with van der Waals surface area (Å²) in [6.45, 7) is 2.12. The number of nitrogens with zero attached hydrogens (tertiary/aromatic N) is 1. The van der Waals surface area contributed by atoms with Gasteiger partial charge in [-0.25, -0.2) is 4.79 Å². The highest BCUT2D eigenvalue weighted by Crippen LogP contribution is 2.38. The second kappa shape index (κ2) is 6.03. The van der Waals surface area contributed by atoms with E-state index in [9.17, 15) is 9.59 Å². The molecule has 0 radical (unpaired) electrons. The van der Waals surface area contributed by atoms with Gasteiger partial charge in [0.1, 0.15) is 5.78 Å². The minimum atomic E-state index is -0.325. The molecule has 1 aromatic heterocycles. The predicted molar refractivity (Wildman–Crippen MR) is 98.0 cm³/mol. The van der Waals surface area contributed by atoms with Gasteiger partial charge in [0.25, 0.3) is 0 Å². The Morgan fingerprint density at radius 2 is 1.88 bits per heavy atom. The SMILES string of the molecule is COC(=O)c1ccc2c3c(C)cccc3n(C3CCC(=O)CC3)c2c1. The Morgan fingerprint density at radius 3 is 2.60 bits per heavy atom. The third-order valence-corrected chi connectivity index (χ3v) is 5.34. The molecule has 4 heteroatoms. The number of esters is 1. The fourth-order valence-electron chi connectivity index (χ4n) is 4.10. The summed E-state index contributed by atoms with van der Waals surface area (Å²) in [5.74, 6) is 0.0256. The van der Waals surface area contributed by atoms with Crippen LogP contribution in [0.4, 0.5) is 0 Å². The van der Waals surface area contributed by atoms with Crippen molar-refractivity contribution in [2.75, 3.05) is 7.11 Å². The Kier molecular flexibility index (Phi) is 3.83. The minimum absolute atomic E-state index is 0.285. The van der Waals surface area contributed by atoms with Crippen molar-refractivity contribution in [3.63, 3.8) is 0 Å². The van der Waals surface area contributed by atoms with Gasteiger partial charge in [0, 0.05) is 35.2 Å². The molecule has 128 valence electrons. The first-order chi connectivity index (χ1) is 12.1. The maximum absolute atomic E-state index is 12.0. The summed E-state index contributed by atoms with van der Waals surface area (Å²) in [4.78, 5) is 23.7. The first-order valence-corrected chi connectivity index (χ1v) is 8.73. The molecule has 0 unspecified atom stereocenters. The zero-order chi connectivity index (χ0) is 17.6. The highest BCUT2D eigenvalue weighted by atomic mass is 16.5. The lowest BCUT2D eigenvalue weighted by atomic mass is 9.94. The average Bonchev–Trinajstić information content (AvgIpc) is 2.96. The maximum atomic E-state index is 12.0. The van der Waals surface area contributed by atoms with E-state index < -0.39 is 0 Å². The van der Waals surface area contributed by atoms with Gasteiger partial charge in [-0.05, 0) is 43.5 Å². The molecule has 1 fully saturated rings. The van der Waals surface area contributed by atoms with Crippen LogP contribution in [0.15, 0.2) is 36.4 Å². The Balaban J connectivity index is 2.00. The Hall–Kier alpha value is -2.62. The number of hydrogen-bond acceptors (Lipinski definition) is 3. The van der Waals surface area contributed by atoms with Gasteiger partial charge in [0.05, 0.1) is 18.2 Å². The molecular weight excluding hydrogens is 314 g/mol. The monoisotopic (exact) mass is 335 g/mol. The molecule has 0 saturated heterocycles. The van der Waals surface area contributed by atoms with Crippen molar-refractivity contribution < 1.29 is 14.3 Å². The van der Waals surface area contributed by atoms with Gasteiger partial charge in [-0.1, -0.05) is 18.2 Å². The second-order valence-electron chi connectivity index (χ2n) is 6.83. The summed E-state index contributed by atoms with van der Waals surface area (Å²) in [7, 11) is 1.40. The van der Waals surface area contributed by atoms with Crippen molar-refractivity contribution in [2.24, 2.45) is 0 Å². The molecule has 25 heavy (non-hydrogen) atoms. The fraction of sp³-hybridized carbons (Fsp3) is 0.333. The number of benzene rings is 2. The zero-order valence-corrected chi connectivity index (χ0v) is 14.5. The molecular formula is C21H21NO3. The van der Waals surface area contributed by atoms with Crippen molar-refractivity contribution in [3.05, 3.63) is 47.5 Å². The molecule has 4 nitrogen and oxygen atoms in total. The summed E-state index contributed by atoms with van der Waals surface area (Å²) in [5.41, 5.74) is 4.01. The van der Waals surface area contributed by atoms with Crippen LogP contribution in [0.5, 0.6) is 0 Å². The number of Topliss-reactive ketones (excluding diaryl/α,β-unsaturated/α-hetero) is 1. The quantitative estimate of drug-likeness (QED) is 0.644.